The highest BCUT2D eigenvalue weighted by Crippen LogP contribution is 2.38. The van der Waals surface area contributed by atoms with E-state index in [-0.39, 0.29) is 11.6 Å². The van der Waals surface area contributed by atoms with Crippen LogP contribution >= 0.6 is 0 Å². The molecule has 2 aromatic rings. The number of benzene rings is 2. The topological polar surface area (TPSA) is 62.3 Å². The third-order valence-electron chi connectivity index (χ3n) is 6.38. The average Bonchev–Trinajstić information content (AvgIpc) is 3.09. The number of methoxy groups -OCH3 is 2. The van der Waals surface area contributed by atoms with Gasteiger partial charge in [0.25, 0.3) is 11.8 Å². The van der Waals surface area contributed by atoms with Crippen LogP contribution in [0.5, 0.6) is 11.5 Å². The molecule has 2 aromatic carbocycles. The number of hydrogen-bond donors (Lipinski definition) is 0. The first-order valence-corrected chi connectivity index (χ1v) is 10.9. The number of rotatable bonds is 6. The zero-order valence-corrected chi connectivity index (χ0v) is 19.3. The molecule has 7 nitrogen and oxygen atoms in total. The summed E-state index contributed by atoms with van der Waals surface area (Å²) in [6.45, 7) is 1.82. The smallest absolute Gasteiger partial charge is 0.282 e. The van der Waals surface area contributed by atoms with E-state index in [1.165, 1.54) is 38.5 Å². The van der Waals surface area contributed by atoms with E-state index in [1.807, 2.05) is 11.9 Å². The summed E-state index contributed by atoms with van der Waals surface area (Å²) < 4.78 is 24.3. The maximum absolute atomic E-state index is 13.8. The minimum atomic E-state index is -0.461. The van der Waals surface area contributed by atoms with Crippen molar-refractivity contribution in [3.63, 3.8) is 0 Å². The van der Waals surface area contributed by atoms with Gasteiger partial charge in [0, 0.05) is 31.3 Å². The quantitative estimate of drug-likeness (QED) is 0.627. The van der Waals surface area contributed by atoms with E-state index in [0.717, 1.165) is 30.8 Å². The molecule has 0 atom stereocenters. The fourth-order valence-corrected chi connectivity index (χ4v) is 4.44. The van der Waals surface area contributed by atoms with E-state index in [9.17, 15) is 14.0 Å². The van der Waals surface area contributed by atoms with Gasteiger partial charge in [-0.1, -0.05) is 12.1 Å². The zero-order chi connectivity index (χ0) is 23.7. The predicted molar refractivity (Wildman–Crippen MR) is 124 cm³/mol. The normalized spacial score (nSPS) is 17.7. The van der Waals surface area contributed by atoms with Crippen molar-refractivity contribution in [2.75, 3.05) is 46.3 Å². The van der Waals surface area contributed by atoms with E-state index >= 15 is 0 Å². The van der Waals surface area contributed by atoms with E-state index < -0.39 is 17.6 Å². The molecule has 0 unspecified atom stereocenters. The number of anilines is 1. The van der Waals surface area contributed by atoms with Gasteiger partial charge in [0.05, 0.1) is 25.5 Å². The summed E-state index contributed by atoms with van der Waals surface area (Å²) in [6, 6.07) is 10.7. The molecule has 0 bridgehead atoms. The van der Waals surface area contributed by atoms with Gasteiger partial charge in [0.15, 0.2) is 0 Å². The Bertz CT molecular complexity index is 1070. The SMILES string of the molecule is COc1cc(OC)cc(N2C(=O)C(c3ccc(F)cc3)=C(N(C)C3CCN(C)CC3)C2=O)c1. The first-order valence-electron chi connectivity index (χ1n) is 10.9. The lowest BCUT2D eigenvalue weighted by atomic mass is 10.00. The Labute approximate surface area is 193 Å². The molecule has 174 valence electrons. The first-order chi connectivity index (χ1) is 15.8. The van der Waals surface area contributed by atoms with Gasteiger partial charge >= 0.3 is 0 Å². The number of hydrogen-bond acceptors (Lipinski definition) is 6. The van der Waals surface area contributed by atoms with Gasteiger partial charge in [-0.05, 0) is 50.7 Å². The van der Waals surface area contributed by atoms with Crippen LogP contribution in [0.2, 0.25) is 0 Å². The fourth-order valence-electron chi connectivity index (χ4n) is 4.44. The molecule has 0 saturated carbocycles. The molecule has 2 aliphatic heterocycles. The van der Waals surface area contributed by atoms with Gasteiger partial charge in [-0.25, -0.2) is 9.29 Å². The number of halogens is 1. The lowest BCUT2D eigenvalue weighted by Crippen LogP contribution is -2.43. The van der Waals surface area contributed by atoms with Gasteiger partial charge in [0.2, 0.25) is 0 Å². The summed E-state index contributed by atoms with van der Waals surface area (Å²) in [6.07, 6.45) is 1.75. The van der Waals surface area contributed by atoms with E-state index in [2.05, 4.69) is 11.9 Å². The molecule has 2 amide bonds. The molecule has 33 heavy (non-hydrogen) atoms. The number of amides is 2. The first kappa shape index (κ1) is 22.8. The van der Waals surface area contributed by atoms with Crippen molar-refractivity contribution in [2.24, 2.45) is 0 Å². The summed E-state index contributed by atoms with van der Waals surface area (Å²) >= 11 is 0. The van der Waals surface area contributed by atoms with E-state index in [1.54, 1.807) is 18.2 Å². The second-order valence-electron chi connectivity index (χ2n) is 8.39. The Morgan fingerprint density at radius 2 is 1.52 bits per heavy atom. The van der Waals surface area contributed by atoms with Crippen LogP contribution in [-0.4, -0.2) is 69.1 Å². The number of nitrogens with zero attached hydrogens (tertiary/aromatic N) is 3. The van der Waals surface area contributed by atoms with Crippen LogP contribution in [0, 0.1) is 5.82 Å². The average molecular weight is 454 g/mol. The Morgan fingerprint density at radius 3 is 2.06 bits per heavy atom. The minimum absolute atomic E-state index is 0.114. The molecule has 1 saturated heterocycles. The van der Waals surface area contributed by atoms with E-state index in [4.69, 9.17) is 9.47 Å². The highest BCUT2D eigenvalue weighted by atomic mass is 19.1. The number of carbonyl (C=O) groups is 2. The van der Waals surface area contributed by atoms with Crippen LogP contribution in [-0.2, 0) is 9.59 Å². The molecule has 0 N–H and O–H groups in total. The van der Waals surface area contributed by atoms with Crippen molar-refractivity contribution in [1.82, 2.24) is 9.80 Å². The summed E-state index contributed by atoms with van der Waals surface area (Å²) in [7, 11) is 6.94. The standard InChI is InChI=1S/C25H28FN3O4/c1-27-11-9-18(10-12-27)28(2)23-22(16-5-7-17(26)8-6-16)24(30)29(25(23)31)19-13-20(32-3)15-21(14-19)33-4/h5-8,13-15,18H,9-12H2,1-4H3. The molecular weight excluding hydrogens is 425 g/mol. The fraction of sp³-hybridized carbons (Fsp3) is 0.360. The monoisotopic (exact) mass is 453 g/mol. The summed E-state index contributed by atoms with van der Waals surface area (Å²) in [5.41, 5.74) is 1.45. The van der Waals surface area contributed by atoms with Crippen LogP contribution in [0.15, 0.2) is 48.2 Å². The van der Waals surface area contributed by atoms with Crippen LogP contribution in [0.1, 0.15) is 18.4 Å². The molecule has 4 rings (SSSR count). The molecule has 2 aliphatic rings. The second-order valence-corrected chi connectivity index (χ2v) is 8.39. The predicted octanol–water partition coefficient (Wildman–Crippen LogP) is 3.15. The molecule has 0 radical (unpaired) electrons. The number of carbonyl (C=O) groups excluding carboxylic acids is 2. The largest absolute Gasteiger partial charge is 0.497 e. The zero-order valence-electron chi connectivity index (χ0n) is 19.3. The second kappa shape index (κ2) is 9.23. The van der Waals surface area contributed by atoms with Crippen LogP contribution in [0.25, 0.3) is 5.57 Å². The molecular formula is C25H28FN3O4. The molecule has 2 heterocycles. The van der Waals surface area contributed by atoms with Crippen molar-refractivity contribution in [3.8, 4) is 11.5 Å². The van der Waals surface area contributed by atoms with Crippen molar-refractivity contribution < 1.29 is 23.5 Å². The molecule has 8 heteroatoms. The van der Waals surface area contributed by atoms with Crippen molar-refractivity contribution in [2.45, 2.75) is 18.9 Å². The molecule has 0 aliphatic carbocycles. The summed E-state index contributed by atoms with van der Waals surface area (Å²) in [4.78, 5) is 32.8. The Hall–Kier alpha value is -3.39. The Morgan fingerprint density at radius 1 is 0.939 bits per heavy atom. The number of piperidine rings is 1. The van der Waals surface area contributed by atoms with Crippen LogP contribution in [0.3, 0.4) is 0 Å². The number of imide groups is 1. The lowest BCUT2D eigenvalue weighted by molar-refractivity contribution is -0.120. The lowest BCUT2D eigenvalue weighted by Gasteiger charge is -2.36. The van der Waals surface area contributed by atoms with Gasteiger partial charge in [-0.2, -0.15) is 0 Å². The maximum Gasteiger partial charge on any atom is 0.282 e. The van der Waals surface area contributed by atoms with Gasteiger partial charge in [-0.3, -0.25) is 9.59 Å². The minimum Gasteiger partial charge on any atom is -0.497 e. The van der Waals surface area contributed by atoms with Crippen molar-refractivity contribution in [3.05, 3.63) is 59.5 Å². The molecule has 1 fully saturated rings. The van der Waals surface area contributed by atoms with Crippen LogP contribution < -0.4 is 14.4 Å². The highest BCUT2D eigenvalue weighted by molar-refractivity contribution is 6.45. The van der Waals surface area contributed by atoms with Gasteiger partial charge in [-0.15, -0.1) is 0 Å². The van der Waals surface area contributed by atoms with Crippen molar-refractivity contribution >= 4 is 23.1 Å². The third-order valence-corrected chi connectivity index (χ3v) is 6.38. The Kier molecular flexibility index (Phi) is 6.37. The van der Waals surface area contributed by atoms with Crippen LogP contribution in [0.4, 0.5) is 10.1 Å². The van der Waals surface area contributed by atoms with Gasteiger partial charge in [0.1, 0.15) is 23.0 Å². The summed E-state index contributed by atoms with van der Waals surface area (Å²) in [5, 5.41) is 0. The molecule has 0 spiro atoms. The third kappa shape index (κ3) is 4.30. The van der Waals surface area contributed by atoms with E-state index in [0.29, 0.717) is 28.4 Å². The van der Waals surface area contributed by atoms with Crippen molar-refractivity contribution in [1.29, 1.82) is 0 Å². The highest BCUT2D eigenvalue weighted by Gasteiger charge is 2.43. The number of likely N-dealkylation sites (tertiary alicyclic amines) is 1. The maximum atomic E-state index is 13.8. The number of ether oxygens (including phenoxy) is 2. The number of likely N-dealkylation sites (N-methyl/N-ethyl adjacent to an activating group) is 1. The molecule has 0 aromatic heterocycles. The van der Waals surface area contributed by atoms with Gasteiger partial charge < -0.3 is 19.3 Å². The summed E-state index contributed by atoms with van der Waals surface area (Å²) in [5.74, 6) is -0.362. The Balaban J connectivity index is 1.80.